The number of hydrogen-bond donors (Lipinski definition) is 1. The summed E-state index contributed by atoms with van der Waals surface area (Å²) in [6, 6.07) is 7.66. The second-order valence-electron chi connectivity index (χ2n) is 5.06. The Bertz CT molecular complexity index is 488. The van der Waals surface area contributed by atoms with E-state index in [1.807, 2.05) is 24.3 Å². The normalized spacial score (nSPS) is 18.1. The third kappa shape index (κ3) is 3.65. The van der Waals surface area contributed by atoms with Crippen molar-refractivity contribution in [2.24, 2.45) is 5.92 Å². The molecule has 1 unspecified atom stereocenters. The van der Waals surface area contributed by atoms with Crippen LogP contribution in [0.25, 0.3) is 0 Å². The van der Waals surface area contributed by atoms with Crippen molar-refractivity contribution in [2.75, 3.05) is 25.5 Å². The molecule has 0 bridgehead atoms. The van der Waals surface area contributed by atoms with E-state index >= 15 is 0 Å². The van der Waals surface area contributed by atoms with Crippen LogP contribution in [0.1, 0.15) is 12.0 Å². The molecule has 6 heteroatoms. The number of carbonyl (C=O) groups is 1. The minimum absolute atomic E-state index is 0.240. The van der Waals surface area contributed by atoms with Gasteiger partial charge in [-0.3, -0.25) is 4.79 Å². The quantitative estimate of drug-likeness (QED) is 0.926. The zero-order valence-corrected chi connectivity index (χ0v) is 11.2. The fourth-order valence-electron chi connectivity index (χ4n) is 2.33. The lowest BCUT2D eigenvalue weighted by Gasteiger charge is -2.29. The highest BCUT2D eigenvalue weighted by atomic mass is 19.4. The fourth-order valence-corrected chi connectivity index (χ4v) is 2.33. The van der Waals surface area contributed by atoms with Gasteiger partial charge in [0.25, 0.3) is 0 Å². The molecule has 1 aliphatic heterocycles. The highest BCUT2D eigenvalue weighted by molar-refractivity contribution is 5.80. The van der Waals surface area contributed by atoms with Crippen LogP contribution >= 0.6 is 0 Å². The second kappa shape index (κ2) is 5.73. The number of carbonyl (C=O) groups excluding carboxylic acids is 1. The van der Waals surface area contributed by atoms with Crippen molar-refractivity contribution >= 4 is 11.6 Å². The van der Waals surface area contributed by atoms with Crippen LogP contribution in [0.4, 0.5) is 18.9 Å². The van der Waals surface area contributed by atoms with E-state index in [1.165, 1.54) is 11.9 Å². The highest BCUT2D eigenvalue weighted by Gasteiger charge is 2.31. The molecule has 110 valence electrons. The van der Waals surface area contributed by atoms with Crippen molar-refractivity contribution in [3.8, 4) is 0 Å². The first-order valence-electron chi connectivity index (χ1n) is 6.50. The summed E-state index contributed by atoms with van der Waals surface area (Å²) in [7, 11) is 1.43. The van der Waals surface area contributed by atoms with Gasteiger partial charge in [0.1, 0.15) is 0 Å². The van der Waals surface area contributed by atoms with Crippen molar-refractivity contribution in [3.63, 3.8) is 0 Å². The van der Waals surface area contributed by atoms with Crippen LogP contribution in [0.3, 0.4) is 0 Å². The Morgan fingerprint density at radius 2 is 2.10 bits per heavy atom. The minimum atomic E-state index is -4.23. The minimum Gasteiger partial charge on any atom is -0.384 e. The number of hydrogen-bond acceptors (Lipinski definition) is 2. The monoisotopic (exact) mass is 286 g/mol. The zero-order valence-electron chi connectivity index (χ0n) is 11.2. The van der Waals surface area contributed by atoms with E-state index in [1.54, 1.807) is 0 Å². The maximum Gasteiger partial charge on any atom is 0.390 e. The van der Waals surface area contributed by atoms with Gasteiger partial charge in [-0.05, 0) is 18.1 Å². The van der Waals surface area contributed by atoms with Crippen LogP contribution in [0.2, 0.25) is 0 Å². The Balaban J connectivity index is 1.94. The summed E-state index contributed by atoms with van der Waals surface area (Å²) in [6.07, 6.45) is -4.63. The van der Waals surface area contributed by atoms with Crippen molar-refractivity contribution in [3.05, 3.63) is 29.8 Å². The van der Waals surface area contributed by atoms with Gasteiger partial charge in [0.15, 0.2) is 0 Å². The third-order valence-electron chi connectivity index (χ3n) is 3.48. The summed E-state index contributed by atoms with van der Waals surface area (Å²) in [5.74, 6) is -0.542. The molecule has 0 spiro atoms. The fraction of sp³-hybridized carbons (Fsp3) is 0.500. The number of amides is 1. The molecule has 20 heavy (non-hydrogen) atoms. The van der Waals surface area contributed by atoms with Gasteiger partial charge in [0, 0.05) is 25.8 Å². The van der Waals surface area contributed by atoms with Crippen LogP contribution in [-0.4, -0.2) is 37.1 Å². The van der Waals surface area contributed by atoms with Gasteiger partial charge in [0.2, 0.25) is 5.91 Å². The van der Waals surface area contributed by atoms with E-state index in [2.05, 4.69) is 5.32 Å². The first kappa shape index (κ1) is 14.7. The van der Waals surface area contributed by atoms with E-state index < -0.39 is 12.6 Å². The zero-order chi connectivity index (χ0) is 14.8. The lowest BCUT2D eigenvalue weighted by molar-refractivity contribution is -0.145. The molecule has 0 fully saturated rings. The van der Waals surface area contributed by atoms with Crippen LogP contribution in [0.5, 0.6) is 0 Å². The summed E-state index contributed by atoms with van der Waals surface area (Å²) in [5, 5.41) is 3.15. The number of halogens is 3. The smallest absolute Gasteiger partial charge is 0.384 e. The first-order valence-corrected chi connectivity index (χ1v) is 6.50. The van der Waals surface area contributed by atoms with Crippen LogP contribution in [0.15, 0.2) is 24.3 Å². The van der Waals surface area contributed by atoms with Gasteiger partial charge in [-0.25, -0.2) is 0 Å². The molecule has 0 aromatic heterocycles. The number of benzene rings is 1. The van der Waals surface area contributed by atoms with Crippen LogP contribution in [-0.2, 0) is 11.2 Å². The molecule has 1 aromatic carbocycles. The Morgan fingerprint density at radius 1 is 1.40 bits per heavy atom. The number of para-hydroxylation sites is 1. The molecule has 0 saturated heterocycles. The van der Waals surface area contributed by atoms with E-state index in [0.717, 1.165) is 11.3 Å². The third-order valence-corrected chi connectivity index (χ3v) is 3.48. The van der Waals surface area contributed by atoms with Crippen molar-refractivity contribution in [1.29, 1.82) is 0 Å². The lowest BCUT2D eigenvalue weighted by atomic mass is 9.93. The predicted octanol–water partition coefficient (Wildman–Crippen LogP) is 2.68. The van der Waals surface area contributed by atoms with Gasteiger partial charge >= 0.3 is 6.18 Å². The molecule has 0 aliphatic carbocycles. The number of rotatable bonds is 3. The molecule has 1 aliphatic rings. The second-order valence-corrected chi connectivity index (χ2v) is 5.06. The topological polar surface area (TPSA) is 32.3 Å². The maximum atomic E-state index is 12.2. The SMILES string of the molecule is CN(CCC(F)(F)F)C(=O)C1CNc2ccccc2C1. The van der Waals surface area contributed by atoms with Crippen LogP contribution < -0.4 is 5.32 Å². The maximum absolute atomic E-state index is 12.2. The molecule has 3 nitrogen and oxygen atoms in total. The van der Waals surface area contributed by atoms with E-state index in [9.17, 15) is 18.0 Å². The van der Waals surface area contributed by atoms with Gasteiger partial charge in [0.05, 0.1) is 12.3 Å². The average Bonchev–Trinajstić information content (AvgIpc) is 2.42. The largest absolute Gasteiger partial charge is 0.390 e. The number of anilines is 1. The molecule has 1 aromatic rings. The summed E-state index contributed by atoms with van der Waals surface area (Å²) in [4.78, 5) is 13.3. The summed E-state index contributed by atoms with van der Waals surface area (Å²) in [6.45, 7) is 0.173. The Labute approximate surface area is 115 Å². The number of nitrogens with one attached hydrogen (secondary N) is 1. The Hall–Kier alpha value is -1.72. The molecule has 1 atom stereocenters. The van der Waals surface area contributed by atoms with Crippen molar-refractivity contribution in [2.45, 2.75) is 19.0 Å². The molecule has 1 N–H and O–H groups in total. The molecule has 1 amide bonds. The van der Waals surface area contributed by atoms with Gasteiger partial charge < -0.3 is 10.2 Å². The molecule has 1 heterocycles. The molecule has 0 radical (unpaired) electrons. The number of fused-ring (bicyclic) bond motifs is 1. The first-order chi connectivity index (χ1) is 9.37. The number of alkyl halides is 3. The van der Waals surface area contributed by atoms with Gasteiger partial charge in [-0.1, -0.05) is 18.2 Å². The standard InChI is InChI=1S/C14H17F3N2O/c1-19(7-6-14(15,16)17)13(20)11-8-10-4-2-3-5-12(10)18-9-11/h2-5,11,18H,6-9H2,1H3. The average molecular weight is 286 g/mol. The van der Waals surface area contributed by atoms with E-state index in [-0.39, 0.29) is 18.4 Å². The van der Waals surface area contributed by atoms with Crippen LogP contribution in [0, 0.1) is 5.92 Å². The van der Waals surface area contributed by atoms with E-state index in [4.69, 9.17) is 0 Å². The van der Waals surface area contributed by atoms with Crippen molar-refractivity contribution in [1.82, 2.24) is 4.90 Å². The predicted molar refractivity (Wildman–Crippen MR) is 70.4 cm³/mol. The molecule has 2 rings (SSSR count). The Morgan fingerprint density at radius 3 is 2.80 bits per heavy atom. The highest BCUT2D eigenvalue weighted by Crippen LogP contribution is 2.26. The molecule has 0 saturated carbocycles. The number of nitrogens with zero attached hydrogens (tertiary/aromatic N) is 1. The lowest BCUT2D eigenvalue weighted by Crippen LogP contribution is -2.40. The molecular formula is C14H17F3N2O. The molecular weight excluding hydrogens is 269 g/mol. The summed E-state index contributed by atoms with van der Waals surface area (Å²) >= 11 is 0. The Kier molecular flexibility index (Phi) is 4.20. The van der Waals surface area contributed by atoms with E-state index in [0.29, 0.717) is 13.0 Å². The van der Waals surface area contributed by atoms with Gasteiger partial charge in [-0.15, -0.1) is 0 Å². The summed E-state index contributed by atoms with van der Waals surface area (Å²) < 4.78 is 36.5. The summed E-state index contributed by atoms with van der Waals surface area (Å²) in [5.41, 5.74) is 2.02. The van der Waals surface area contributed by atoms with Gasteiger partial charge in [-0.2, -0.15) is 13.2 Å². The van der Waals surface area contributed by atoms with Crippen molar-refractivity contribution < 1.29 is 18.0 Å².